The SMILES string of the molecule is CCOC(=O)C1CCc2ccc(OC)cc2C1. The van der Waals surface area contributed by atoms with Crippen LogP contribution in [0.25, 0.3) is 0 Å². The van der Waals surface area contributed by atoms with E-state index in [0.717, 1.165) is 25.0 Å². The van der Waals surface area contributed by atoms with Gasteiger partial charge in [-0.3, -0.25) is 4.79 Å². The molecule has 17 heavy (non-hydrogen) atoms. The molecule has 0 saturated carbocycles. The number of esters is 1. The largest absolute Gasteiger partial charge is 0.497 e. The Morgan fingerprint density at radius 1 is 1.41 bits per heavy atom. The zero-order valence-electron chi connectivity index (χ0n) is 10.4. The molecule has 1 atom stereocenters. The summed E-state index contributed by atoms with van der Waals surface area (Å²) in [4.78, 5) is 11.7. The highest BCUT2D eigenvalue weighted by atomic mass is 16.5. The second-order valence-corrected chi connectivity index (χ2v) is 4.33. The number of ether oxygens (including phenoxy) is 2. The van der Waals surface area contributed by atoms with Crippen LogP contribution >= 0.6 is 0 Å². The lowest BCUT2D eigenvalue weighted by atomic mass is 9.84. The Kier molecular flexibility index (Phi) is 3.67. The van der Waals surface area contributed by atoms with Crippen molar-refractivity contribution < 1.29 is 14.3 Å². The third kappa shape index (κ3) is 2.60. The van der Waals surface area contributed by atoms with Crippen molar-refractivity contribution in [2.24, 2.45) is 5.92 Å². The summed E-state index contributed by atoms with van der Waals surface area (Å²) < 4.78 is 10.3. The lowest BCUT2D eigenvalue weighted by molar-refractivity contribution is -0.148. The molecule has 1 aliphatic rings. The predicted octanol–water partition coefficient (Wildman–Crippen LogP) is 2.36. The van der Waals surface area contributed by atoms with Gasteiger partial charge in [-0.2, -0.15) is 0 Å². The molecular formula is C14H18O3. The van der Waals surface area contributed by atoms with Crippen LogP contribution in [0.5, 0.6) is 5.75 Å². The van der Waals surface area contributed by atoms with Crippen molar-refractivity contribution in [1.29, 1.82) is 0 Å². The summed E-state index contributed by atoms with van der Waals surface area (Å²) in [6.07, 6.45) is 2.60. The molecular weight excluding hydrogens is 216 g/mol. The Balaban J connectivity index is 2.14. The van der Waals surface area contributed by atoms with E-state index < -0.39 is 0 Å². The van der Waals surface area contributed by atoms with Crippen LogP contribution in [0.2, 0.25) is 0 Å². The van der Waals surface area contributed by atoms with E-state index >= 15 is 0 Å². The lowest BCUT2D eigenvalue weighted by Gasteiger charge is -2.23. The van der Waals surface area contributed by atoms with Gasteiger partial charge < -0.3 is 9.47 Å². The molecule has 0 saturated heterocycles. The van der Waals surface area contributed by atoms with Gasteiger partial charge in [0.25, 0.3) is 0 Å². The molecule has 0 amide bonds. The van der Waals surface area contributed by atoms with Crippen LogP contribution in [-0.4, -0.2) is 19.7 Å². The van der Waals surface area contributed by atoms with E-state index in [1.54, 1.807) is 7.11 Å². The van der Waals surface area contributed by atoms with Crippen molar-refractivity contribution in [2.45, 2.75) is 26.2 Å². The van der Waals surface area contributed by atoms with E-state index in [1.165, 1.54) is 11.1 Å². The van der Waals surface area contributed by atoms with Gasteiger partial charge in [0.15, 0.2) is 0 Å². The summed E-state index contributed by atoms with van der Waals surface area (Å²) in [5.74, 6) is 0.795. The fourth-order valence-corrected chi connectivity index (χ4v) is 2.32. The average Bonchev–Trinajstić information content (AvgIpc) is 2.37. The van der Waals surface area contributed by atoms with Crippen LogP contribution in [0, 0.1) is 5.92 Å². The van der Waals surface area contributed by atoms with Gasteiger partial charge in [0.1, 0.15) is 5.75 Å². The number of rotatable bonds is 3. The van der Waals surface area contributed by atoms with Crippen LogP contribution in [0.1, 0.15) is 24.5 Å². The van der Waals surface area contributed by atoms with Gasteiger partial charge in [0, 0.05) is 0 Å². The summed E-state index contributed by atoms with van der Waals surface area (Å²) in [5.41, 5.74) is 2.54. The normalized spacial score (nSPS) is 18.4. The van der Waals surface area contributed by atoms with Gasteiger partial charge in [0.2, 0.25) is 0 Å². The maximum atomic E-state index is 11.7. The maximum Gasteiger partial charge on any atom is 0.309 e. The van der Waals surface area contributed by atoms with Gasteiger partial charge in [-0.1, -0.05) is 6.07 Å². The molecule has 1 unspecified atom stereocenters. The quantitative estimate of drug-likeness (QED) is 0.753. The first kappa shape index (κ1) is 12.0. The number of methoxy groups -OCH3 is 1. The summed E-state index contributed by atoms with van der Waals surface area (Å²) >= 11 is 0. The van der Waals surface area contributed by atoms with Gasteiger partial charge in [-0.25, -0.2) is 0 Å². The van der Waals surface area contributed by atoms with Crippen molar-refractivity contribution in [3.8, 4) is 5.75 Å². The first-order valence-corrected chi connectivity index (χ1v) is 6.07. The Bertz CT molecular complexity index is 412. The average molecular weight is 234 g/mol. The standard InChI is InChI=1S/C14H18O3/c1-3-17-14(15)11-5-4-10-6-7-13(16-2)9-12(10)8-11/h6-7,9,11H,3-5,8H2,1-2H3. The second-order valence-electron chi connectivity index (χ2n) is 4.33. The third-order valence-corrected chi connectivity index (χ3v) is 3.26. The minimum atomic E-state index is -0.0685. The molecule has 2 rings (SSSR count). The van der Waals surface area contributed by atoms with Gasteiger partial charge in [-0.05, 0) is 49.4 Å². The summed E-state index contributed by atoms with van der Waals surface area (Å²) in [5, 5.41) is 0. The zero-order chi connectivity index (χ0) is 12.3. The lowest BCUT2D eigenvalue weighted by Crippen LogP contribution is -2.24. The molecule has 0 aliphatic heterocycles. The van der Waals surface area contributed by atoms with Crippen molar-refractivity contribution in [2.75, 3.05) is 13.7 Å². The highest BCUT2D eigenvalue weighted by molar-refractivity contribution is 5.73. The van der Waals surface area contributed by atoms with E-state index in [1.807, 2.05) is 19.1 Å². The fourth-order valence-electron chi connectivity index (χ4n) is 2.32. The molecule has 0 fully saturated rings. The smallest absolute Gasteiger partial charge is 0.309 e. The predicted molar refractivity (Wildman–Crippen MR) is 65.1 cm³/mol. The van der Waals surface area contributed by atoms with E-state index in [-0.39, 0.29) is 11.9 Å². The highest BCUT2D eigenvalue weighted by Gasteiger charge is 2.25. The maximum absolute atomic E-state index is 11.7. The molecule has 0 aromatic heterocycles. The van der Waals surface area contributed by atoms with E-state index in [2.05, 4.69) is 6.07 Å². The van der Waals surface area contributed by atoms with Crippen molar-refractivity contribution >= 4 is 5.97 Å². The van der Waals surface area contributed by atoms with Crippen LogP contribution in [0.15, 0.2) is 18.2 Å². The molecule has 0 radical (unpaired) electrons. The van der Waals surface area contributed by atoms with E-state index in [0.29, 0.717) is 6.61 Å². The minimum absolute atomic E-state index is 0.00885. The number of carbonyl (C=O) groups is 1. The number of hydrogen-bond donors (Lipinski definition) is 0. The van der Waals surface area contributed by atoms with Crippen molar-refractivity contribution in [3.05, 3.63) is 29.3 Å². The van der Waals surface area contributed by atoms with Crippen LogP contribution in [0.4, 0.5) is 0 Å². The molecule has 3 nitrogen and oxygen atoms in total. The second kappa shape index (κ2) is 5.21. The van der Waals surface area contributed by atoms with Gasteiger partial charge in [0.05, 0.1) is 19.6 Å². The molecule has 1 aromatic carbocycles. The molecule has 92 valence electrons. The Morgan fingerprint density at radius 2 is 2.24 bits per heavy atom. The van der Waals surface area contributed by atoms with Gasteiger partial charge in [-0.15, -0.1) is 0 Å². The number of aryl methyl sites for hydroxylation is 1. The topological polar surface area (TPSA) is 35.5 Å². The number of benzene rings is 1. The van der Waals surface area contributed by atoms with Gasteiger partial charge >= 0.3 is 5.97 Å². The monoisotopic (exact) mass is 234 g/mol. The molecule has 0 spiro atoms. The van der Waals surface area contributed by atoms with E-state index in [4.69, 9.17) is 9.47 Å². The summed E-state index contributed by atoms with van der Waals surface area (Å²) in [7, 11) is 1.66. The summed E-state index contributed by atoms with van der Waals surface area (Å²) in [6, 6.07) is 6.10. The van der Waals surface area contributed by atoms with Crippen LogP contribution < -0.4 is 4.74 Å². The number of carbonyl (C=O) groups excluding carboxylic acids is 1. The molecule has 0 bridgehead atoms. The van der Waals surface area contributed by atoms with Crippen LogP contribution in [0.3, 0.4) is 0 Å². The highest BCUT2D eigenvalue weighted by Crippen LogP contribution is 2.29. The first-order valence-electron chi connectivity index (χ1n) is 6.07. The number of fused-ring (bicyclic) bond motifs is 1. The molecule has 0 N–H and O–H groups in total. The molecule has 1 aromatic rings. The first-order chi connectivity index (χ1) is 8.24. The molecule has 0 heterocycles. The van der Waals surface area contributed by atoms with Crippen molar-refractivity contribution in [1.82, 2.24) is 0 Å². The minimum Gasteiger partial charge on any atom is -0.497 e. The Morgan fingerprint density at radius 3 is 2.94 bits per heavy atom. The van der Waals surface area contributed by atoms with E-state index in [9.17, 15) is 4.79 Å². The molecule has 1 aliphatic carbocycles. The van der Waals surface area contributed by atoms with Crippen LogP contribution in [-0.2, 0) is 22.4 Å². The Labute approximate surface area is 102 Å². The number of hydrogen-bond acceptors (Lipinski definition) is 3. The van der Waals surface area contributed by atoms with Crippen molar-refractivity contribution in [3.63, 3.8) is 0 Å². The fraction of sp³-hybridized carbons (Fsp3) is 0.500. The zero-order valence-corrected chi connectivity index (χ0v) is 10.4. The molecule has 3 heteroatoms. The third-order valence-electron chi connectivity index (χ3n) is 3.26. The summed E-state index contributed by atoms with van der Waals surface area (Å²) in [6.45, 7) is 2.30. The Hall–Kier alpha value is -1.51.